The van der Waals surface area contributed by atoms with Crippen LogP contribution in [0.3, 0.4) is 0 Å². The average Bonchev–Trinajstić information content (AvgIpc) is 3.48. The molecule has 5 aliphatic rings. The molecule has 14 nitrogen and oxygen atoms in total. The van der Waals surface area contributed by atoms with Crippen LogP contribution in [-0.2, 0) is 30.3 Å². The van der Waals surface area contributed by atoms with Gasteiger partial charge in [0.1, 0.15) is 23.4 Å². The summed E-state index contributed by atoms with van der Waals surface area (Å²) in [6.45, 7) is 9.63. The maximum atomic E-state index is 12.8. The van der Waals surface area contributed by atoms with Crippen molar-refractivity contribution in [3.8, 4) is 46.0 Å². The highest BCUT2D eigenvalue weighted by Crippen LogP contribution is 2.68. The molecule has 14 heteroatoms. The van der Waals surface area contributed by atoms with Gasteiger partial charge in [-0.15, -0.1) is 0 Å². The Balaban J connectivity index is 0.000000183. The lowest BCUT2D eigenvalue weighted by atomic mass is 9.47. The maximum Gasteiger partial charge on any atom is 0.338 e. The van der Waals surface area contributed by atoms with Crippen LogP contribution in [0, 0.1) is 28.6 Å². The van der Waals surface area contributed by atoms with Gasteiger partial charge in [-0.05, 0) is 105 Å². The molecular weight excluding hydrogens is 776 g/mol. The van der Waals surface area contributed by atoms with Crippen molar-refractivity contribution in [2.45, 2.75) is 97.4 Å². The molecular formula is C46H50O14. The first-order chi connectivity index (χ1) is 28.2. The number of ether oxygens (including phenoxy) is 3. The highest BCUT2D eigenvalue weighted by atomic mass is 16.6. The molecule has 3 aromatic rings. The van der Waals surface area contributed by atoms with E-state index in [0.29, 0.717) is 36.2 Å². The Bertz CT molecular complexity index is 2340. The van der Waals surface area contributed by atoms with Gasteiger partial charge < -0.3 is 50.0 Å². The van der Waals surface area contributed by atoms with Gasteiger partial charge in [-0.2, -0.15) is 0 Å². The van der Waals surface area contributed by atoms with E-state index in [1.54, 1.807) is 6.92 Å². The van der Waals surface area contributed by atoms with Crippen LogP contribution in [0.15, 0.2) is 65.8 Å². The summed E-state index contributed by atoms with van der Waals surface area (Å²) in [6, 6.07) is 8.07. The zero-order valence-electron chi connectivity index (χ0n) is 34.0. The van der Waals surface area contributed by atoms with Gasteiger partial charge in [0, 0.05) is 48.4 Å². The van der Waals surface area contributed by atoms with Crippen molar-refractivity contribution in [2.24, 2.45) is 28.6 Å². The van der Waals surface area contributed by atoms with Gasteiger partial charge in [-0.1, -0.05) is 31.6 Å². The molecule has 0 spiro atoms. The monoisotopic (exact) mass is 826 g/mol. The number of fused-ring (bicyclic) bond motifs is 6. The molecule has 1 heterocycles. The number of hydrogen-bond donors (Lipinski definition) is 7. The predicted molar refractivity (Wildman–Crippen MR) is 214 cm³/mol. The van der Waals surface area contributed by atoms with Crippen LogP contribution in [0.1, 0.15) is 101 Å². The van der Waals surface area contributed by atoms with Gasteiger partial charge >= 0.3 is 11.9 Å². The standard InChI is InChI=1S/C24H32O4.C22H18O10/c1-14-12-18-19(22(4)9-6-17(27)13-21(14)22)7-10-23(5)20(18)8-11-24(23,15(2)25)28-16(3)26;23-11-6-14(25)12-8-19(32-22(30)10-4-16(27)20(29)17(28)5-10)21(31-18(12)7-11)9-1-2-13(24)15(26)3-9/h12-13,18-20H,6-11H2,1-5H3;1-7,19,21,23-29H,8H2. The number of hydrogen-bond acceptors (Lipinski definition) is 14. The SMILES string of the molecule is CC(=O)OC1(C(C)=O)CCC2C3C=C(C)C4=CC(=O)CCC4(C)C3CCC21C.O=C(OC1Cc2c(O)cc(O)cc2OC1c1ccc(O)c(O)c1)c1cc(O)c(O)c(O)c1. The summed E-state index contributed by atoms with van der Waals surface area (Å²) < 4.78 is 17.2. The Morgan fingerprint density at radius 1 is 0.800 bits per heavy atom. The van der Waals surface area contributed by atoms with Crippen LogP contribution in [0.4, 0.5) is 0 Å². The number of carbonyl (C=O) groups excluding carboxylic acids is 4. The van der Waals surface area contributed by atoms with Crippen LogP contribution >= 0.6 is 0 Å². The molecule has 0 bridgehead atoms. The minimum atomic E-state index is -1.06. The van der Waals surface area contributed by atoms with Gasteiger partial charge in [0.05, 0.1) is 5.56 Å². The third kappa shape index (κ3) is 6.94. The second-order valence-electron chi connectivity index (χ2n) is 17.3. The molecule has 318 valence electrons. The minimum Gasteiger partial charge on any atom is -0.508 e. The summed E-state index contributed by atoms with van der Waals surface area (Å²) in [5, 5.41) is 68.2. The second kappa shape index (κ2) is 15.1. The van der Waals surface area contributed by atoms with E-state index in [1.165, 1.54) is 42.3 Å². The third-order valence-electron chi connectivity index (χ3n) is 13.9. The molecule has 3 aromatic carbocycles. The first-order valence-electron chi connectivity index (χ1n) is 20.0. The number of esters is 2. The number of aromatic hydroxyl groups is 7. The number of phenolic OH excluding ortho intramolecular Hbond substituents is 7. The Morgan fingerprint density at radius 3 is 2.13 bits per heavy atom. The number of ketones is 2. The van der Waals surface area contributed by atoms with Crippen LogP contribution < -0.4 is 4.74 Å². The van der Waals surface area contributed by atoms with Crippen LogP contribution in [0.5, 0.6) is 46.0 Å². The maximum absolute atomic E-state index is 12.8. The first kappa shape index (κ1) is 42.0. The molecule has 0 saturated heterocycles. The van der Waals surface area contributed by atoms with Gasteiger partial charge in [-0.25, -0.2) is 4.79 Å². The molecule has 0 amide bonds. The topological polar surface area (TPSA) is 238 Å². The fraction of sp³-hybridized carbons (Fsp3) is 0.435. The predicted octanol–water partition coefficient (Wildman–Crippen LogP) is 7.10. The highest BCUT2D eigenvalue weighted by Gasteiger charge is 2.67. The molecule has 1 aliphatic heterocycles. The van der Waals surface area contributed by atoms with Crippen LogP contribution in [0.25, 0.3) is 0 Å². The molecule has 4 aliphatic carbocycles. The molecule has 8 unspecified atom stereocenters. The Kier molecular flexibility index (Phi) is 10.6. The lowest BCUT2D eigenvalue weighted by molar-refractivity contribution is -0.185. The normalized spacial score (nSPS) is 30.0. The van der Waals surface area contributed by atoms with Crippen molar-refractivity contribution in [2.75, 3.05) is 0 Å². The third-order valence-corrected chi connectivity index (χ3v) is 13.9. The number of rotatable bonds is 5. The van der Waals surface area contributed by atoms with E-state index in [4.69, 9.17) is 14.2 Å². The van der Waals surface area contributed by atoms with Crippen LogP contribution in [-0.4, -0.2) is 71.0 Å². The molecule has 8 atom stereocenters. The summed E-state index contributed by atoms with van der Waals surface area (Å²) in [7, 11) is 0. The zero-order chi connectivity index (χ0) is 43.6. The fourth-order valence-electron chi connectivity index (χ4n) is 11.0. The van der Waals surface area contributed by atoms with Crippen LogP contribution in [0.2, 0.25) is 0 Å². The van der Waals surface area contributed by atoms with E-state index in [-0.39, 0.29) is 68.9 Å². The lowest BCUT2D eigenvalue weighted by Gasteiger charge is -2.58. The van der Waals surface area contributed by atoms with Crippen molar-refractivity contribution in [1.29, 1.82) is 0 Å². The molecule has 8 rings (SSSR count). The summed E-state index contributed by atoms with van der Waals surface area (Å²) in [6.07, 6.45) is 7.07. The van der Waals surface area contributed by atoms with Crippen molar-refractivity contribution in [3.05, 3.63) is 82.5 Å². The largest absolute Gasteiger partial charge is 0.508 e. The van der Waals surface area contributed by atoms with Gasteiger partial charge in [0.2, 0.25) is 0 Å². The Hall–Kier alpha value is -6.18. The summed E-state index contributed by atoms with van der Waals surface area (Å²) in [5.41, 5.74) is 1.48. The first-order valence-corrected chi connectivity index (χ1v) is 20.0. The molecule has 0 radical (unpaired) electrons. The molecule has 2 saturated carbocycles. The lowest BCUT2D eigenvalue weighted by Crippen LogP contribution is -2.58. The van der Waals surface area contributed by atoms with Crippen molar-refractivity contribution < 1.29 is 69.1 Å². The smallest absolute Gasteiger partial charge is 0.338 e. The Labute approximate surface area is 346 Å². The number of allylic oxidation sites excluding steroid dienone is 4. The van der Waals surface area contributed by atoms with E-state index in [9.17, 15) is 54.9 Å². The molecule has 60 heavy (non-hydrogen) atoms. The molecule has 2 fully saturated rings. The fourth-order valence-corrected chi connectivity index (χ4v) is 11.0. The number of Topliss-reactive ketones (excluding diaryl/α,β-unsaturated/α-hetero) is 1. The summed E-state index contributed by atoms with van der Waals surface area (Å²) in [5.74, 6) is -3.40. The Morgan fingerprint density at radius 2 is 1.48 bits per heavy atom. The molecule has 7 N–H and O–H groups in total. The van der Waals surface area contributed by atoms with E-state index in [0.717, 1.165) is 43.9 Å². The minimum absolute atomic E-state index is 0.0160. The summed E-state index contributed by atoms with van der Waals surface area (Å²) >= 11 is 0. The quantitative estimate of drug-likeness (QED) is 0.100. The highest BCUT2D eigenvalue weighted by molar-refractivity contribution is 5.93. The number of carbonyl (C=O) groups is 4. The van der Waals surface area contributed by atoms with Crippen molar-refractivity contribution >= 4 is 23.5 Å². The van der Waals surface area contributed by atoms with E-state index < -0.39 is 46.8 Å². The van der Waals surface area contributed by atoms with E-state index in [2.05, 4.69) is 26.8 Å². The van der Waals surface area contributed by atoms with Gasteiger partial charge in [0.15, 0.2) is 52.0 Å². The van der Waals surface area contributed by atoms with E-state index >= 15 is 0 Å². The van der Waals surface area contributed by atoms with Crippen molar-refractivity contribution in [3.63, 3.8) is 0 Å². The summed E-state index contributed by atoms with van der Waals surface area (Å²) in [4.78, 5) is 49.5. The zero-order valence-corrected chi connectivity index (χ0v) is 34.0. The number of benzene rings is 3. The number of phenols is 7. The van der Waals surface area contributed by atoms with E-state index in [1.807, 2.05) is 6.08 Å². The van der Waals surface area contributed by atoms with Crippen molar-refractivity contribution in [1.82, 2.24) is 0 Å². The average molecular weight is 827 g/mol. The van der Waals surface area contributed by atoms with Gasteiger partial charge in [0.25, 0.3) is 0 Å². The molecule has 0 aromatic heterocycles. The van der Waals surface area contributed by atoms with Gasteiger partial charge in [-0.3, -0.25) is 14.4 Å². The second-order valence-corrected chi connectivity index (χ2v) is 17.3.